The highest BCUT2D eigenvalue weighted by Crippen LogP contribution is 2.41. The predicted octanol–water partition coefficient (Wildman–Crippen LogP) is 6.23. The van der Waals surface area contributed by atoms with E-state index < -0.39 is 0 Å². The Morgan fingerprint density at radius 2 is 1.85 bits per heavy atom. The highest BCUT2D eigenvalue weighted by molar-refractivity contribution is 7.99. The van der Waals surface area contributed by atoms with Gasteiger partial charge in [0.2, 0.25) is 0 Å². The first-order chi connectivity index (χ1) is 12.9. The molecule has 0 radical (unpaired) electrons. The molecule has 27 heavy (non-hydrogen) atoms. The van der Waals surface area contributed by atoms with Crippen molar-refractivity contribution in [1.82, 2.24) is 15.2 Å². The zero-order chi connectivity index (χ0) is 19.6. The minimum absolute atomic E-state index is 0.00852. The van der Waals surface area contributed by atoms with E-state index >= 15 is 0 Å². The van der Waals surface area contributed by atoms with Crippen LogP contribution in [0.1, 0.15) is 42.4 Å². The SMILES string of the molecule is Cc1[nH]nc(Sc2cc(Cl)cc(Cl)c2)c1C(c1cccc(C#N)n1)C(C)C. The number of benzene rings is 1. The number of aromatic amines is 1. The molecule has 0 fully saturated rings. The van der Waals surface area contributed by atoms with E-state index in [-0.39, 0.29) is 11.8 Å². The second-order valence-electron chi connectivity index (χ2n) is 6.56. The molecule has 2 aromatic heterocycles. The Bertz CT molecular complexity index is 987. The van der Waals surface area contributed by atoms with Gasteiger partial charge in [0.05, 0.1) is 0 Å². The third-order valence-electron chi connectivity index (χ3n) is 4.19. The number of nitrogens with zero attached hydrogens (tertiary/aromatic N) is 3. The average Bonchev–Trinajstić information content (AvgIpc) is 2.95. The molecule has 7 heteroatoms. The van der Waals surface area contributed by atoms with E-state index in [1.165, 1.54) is 11.8 Å². The number of pyridine rings is 1. The standard InChI is InChI=1S/C20H18Cl2N4S/c1-11(2)18(17-6-4-5-15(10-23)24-17)19-12(3)25-26-20(19)27-16-8-13(21)7-14(22)9-16/h4-9,11,18H,1-3H3,(H,25,26). The van der Waals surface area contributed by atoms with E-state index in [1.807, 2.05) is 31.2 Å². The number of nitrogens with one attached hydrogen (secondary N) is 1. The van der Waals surface area contributed by atoms with Gasteiger partial charge in [-0.15, -0.1) is 0 Å². The number of aryl methyl sites for hydroxylation is 1. The summed E-state index contributed by atoms with van der Waals surface area (Å²) in [5.74, 6) is 0.277. The third kappa shape index (κ3) is 4.47. The highest BCUT2D eigenvalue weighted by atomic mass is 35.5. The third-order valence-corrected chi connectivity index (χ3v) is 5.60. The molecule has 0 aliphatic carbocycles. The minimum atomic E-state index is 0.00852. The van der Waals surface area contributed by atoms with Gasteiger partial charge in [0.25, 0.3) is 0 Å². The zero-order valence-corrected chi connectivity index (χ0v) is 17.5. The Hall–Kier alpha value is -2.00. The van der Waals surface area contributed by atoms with Gasteiger partial charge in [-0.1, -0.05) is 54.9 Å². The lowest BCUT2D eigenvalue weighted by molar-refractivity contribution is 0.543. The molecule has 0 amide bonds. The Kier molecular flexibility index (Phi) is 6.11. The molecule has 2 heterocycles. The number of H-pyrrole nitrogens is 1. The summed E-state index contributed by atoms with van der Waals surface area (Å²) in [6, 6.07) is 13.1. The van der Waals surface area contributed by atoms with Crippen molar-refractivity contribution in [3.05, 3.63) is 69.1 Å². The maximum absolute atomic E-state index is 9.21. The Balaban J connectivity index is 2.06. The summed E-state index contributed by atoms with van der Waals surface area (Å²) < 4.78 is 0. The van der Waals surface area contributed by atoms with Crippen LogP contribution in [0.15, 0.2) is 46.3 Å². The molecule has 138 valence electrons. The quantitative estimate of drug-likeness (QED) is 0.534. The van der Waals surface area contributed by atoms with Crippen LogP contribution in [0.25, 0.3) is 0 Å². The lowest BCUT2D eigenvalue weighted by Gasteiger charge is -2.21. The summed E-state index contributed by atoms with van der Waals surface area (Å²) in [5.41, 5.74) is 3.33. The molecule has 0 saturated carbocycles. The van der Waals surface area contributed by atoms with Gasteiger partial charge in [0.15, 0.2) is 0 Å². The maximum Gasteiger partial charge on any atom is 0.140 e. The lowest BCUT2D eigenvalue weighted by atomic mass is 9.85. The molecule has 1 N–H and O–H groups in total. The summed E-state index contributed by atoms with van der Waals surface area (Å²) >= 11 is 13.8. The van der Waals surface area contributed by atoms with Crippen LogP contribution in [0.2, 0.25) is 10.0 Å². The van der Waals surface area contributed by atoms with Crippen LogP contribution >= 0.6 is 35.0 Å². The molecule has 0 aliphatic heterocycles. The first-order valence-corrected chi connectivity index (χ1v) is 10.0. The van der Waals surface area contributed by atoms with Crippen molar-refractivity contribution >= 4 is 35.0 Å². The molecule has 1 unspecified atom stereocenters. The number of hydrogen-bond donors (Lipinski definition) is 1. The first kappa shape index (κ1) is 19.8. The molecule has 3 rings (SSSR count). The molecule has 1 aromatic carbocycles. The van der Waals surface area contributed by atoms with Crippen LogP contribution in [0.3, 0.4) is 0 Å². The van der Waals surface area contributed by atoms with Crippen LogP contribution in [0.4, 0.5) is 0 Å². The predicted molar refractivity (Wildman–Crippen MR) is 110 cm³/mol. The summed E-state index contributed by atoms with van der Waals surface area (Å²) in [6.07, 6.45) is 0. The average molecular weight is 417 g/mol. The molecule has 0 saturated heterocycles. The molecule has 0 bridgehead atoms. The summed E-state index contributed by atoms with van der Waals surface area (Å²) in [4.78, 5) is 5.45. The van der Waals surface area contributed by atoms with E-state index in [0.29, 0.717) is 15.7 Å². The van der Waals surface area contributed by atoms with Crippen LogP contribution in [0, 0.1) is 24.2 Å². The summed E-state index contributed by atoms with van der Waals surface area (Å²) in [7, 11) is 0. The van der Waals surface area contributed by atoms with E-state index in [4.69, 9.17) is 23.2 Å². The molecule has 3 aromatic rings. The molecule has 4 nitrogen and oxygen atoms in total. The lowest BCUT2D eigenvalue weighted by Crippen LogP contribution is -2.12. The summed E-state index contributed by atoms with van der Waals surface area (Å²) in [5, 5.41) is 18.8. The van der Waals surface area contributed by atoms with Gasteiger partial charge in [-0.25, -0.2) is 4.98 Å². The number of halogens is 2. The van der Waals surface area contributed by atoms with Crippen molar-refractivity contribution in [1.29, 1.82) is 5.26 Å². The fourth-order valence-electron chi connectivity index (χ4n) is 3.07. The van der Waals surface area contributed by atoms with Crippen molar-refractivity contribution in [3.8, 4) is 6.07 Å². The van der Waals surface area contributed by atoms with Gasteiger partial charge >= 0.3 is 0 Å². The fourth-order valence-corrected chi connectivity index (χ4v) is 4.80. The van der Waals surface area contributed by atoms with Gasteiger partial charge in [-0.2, -0.15) is 10.4 Å². The van der Waals surface area contributed by atoms with Gasteiger partial charge < -0.3 is 0 Å². The molecule has 0 aliphatic rings. The van der Waals surface area contributed by atoms with E-state index in [1.54, 1.807) is 12.1 Å². The molecular formula is C20H18Cl2N4S. The molecular weight excluding hydrogens is 399 g/mol. The van der Waals surface area contributed by atoms with Crippen LogP contribution < -0.4 is 0 Å². The van der Waals surface area contributed by atoms with Gasteiger partial charge in [0, 0.05) is 37.8 Å². The number of hydrogen-bond acceptors (Lipinski definition) is 4. The van der Waals surface area contributed by atoms with Crippen LogP contribution in [0.5, 0.6) is 0 Å². The van der Waals surface area contributed by atoms with Crippen molar-refractivity contribution in [2.24, 2.45) is 5.92 Å². The smallest absolute Gasteiger partial charge is 0.140 e. The van der Waals surface area contributed by atoms with E-state index in [2.05, 4.69) is 35.1 Å². The zero-order valence-electron chi connectivity index (χ0n) is 15.1. The largest absolute Gasteiger partial charge is 0.281 e. The van der Waals surface area contributed by atoms with Crippen LogP contribution in [-0.4, -0.2) is 15.2 Å². The van der Waals surface area contributed by atoms with Gasteiger partial charge in [0.1, 0.15) is 16.8 Å². The summed E-state index contributed by atoms with van der Waals surface area (Å²) in [6.45, 7) is 6.28. The first-order valence-electron chi connectivity index (χ1n) is 8.45. The molecule has 1 atom stereocenters. The highest BCUT2D eigenvalue weighted by Gasteiger charge is 2.27. The van der Waals surface area contributed by atoms with Crippen molar-refractivity contribution in [2.45, 2.75) is 36.6 Å². The van der Waals surface area contributed by atoms with E-state index in [9.17, 15) is 5.26 Å². The number of rotatable bonds is 5. The van der Waals surface area contributed by atoms with Gasteiger partial charge in [-0.05, 0) is 43.2 Å². The Morgan fingerprint density at radius 3 is 2.48 bits per heavy atom. The van der Waals surface area contributed by atoms with E-state index in [0.717, 1.165) is 26.9 Å². The van der Waals surface area contributed by atoms with Crippen molar-refractivity contribution in [3.63, 3.8) is 0 Å². The normalized spacial score (nSPS) is 12.2. The van der Waals surface area contributed by atoms with Crippen molar-refractivity contribution in [2.75, 3.05) is 0 Å². The Morgan fingerprint density at radius 1 is 1.15 bits per heavy atom. The maximum atomic E-state index is 9.21. The molecule has 0 spiro atoms. The monoisotopic (exact) mass is 416 g/mol. The van der Waals surface area contributed by atoms with Crippen molar-refractivity contribution < 1.29 is 0 Å². The minimum Gasteiger partial charge on any atom is -0.281 e. The fraction of sp³-hybridized carbons (Fsp3) is 0.250. The second-order valence-corrected chi connectivity index (χ2v) is 8.49. The topological polar surface area (TPSA) is 65.4 Å². The second kappa shape index (κ2) is 8.35. The van der Waals surface area contributed by atoms with Gasteiger partial charge in [-0.3, -0.25) is 5.10 Å². The Labute approximate surface area is 172 Å². The number of aromatic nitrogens is 3. The van der Waals surface area contributed by atoms with Crippen LogP contribution in [-0.2, 0) is 0 Å². The number of nitriles is 1.